The summed E-state index contributed by atoms with van der Waals surface area (Å²) in [5.74, 6) is -3.43. The fourth-order valence-electron chi connectivity index (χ4n) is 1.76. The van der Waals surface area contributed by atoms with Crippen molar-refractivity contribution in [2.45, 2.75) is 12.5 Å². The van der Waals surface area contributed by atoms with Crippen molar-refractivity contribution in [1.82, 2.24) is 5.32 Å². The quantitative estimate of drug-likeness (QED) is 0.781. The number of carboxylic acid groups (broad SMARTS) is 2. The number of nitrogens with one attached hydrogen (secondary N) is 1. The van der Waals surface area contributed by atoms with E-state index in [1.54, 1.807) is 24.3 Å². The monoisotopic (exact) mass is 327 g/mol. The number of benzene rings is 1. The van der Waals surface area contributed by atoms with Crippen LogP contribution in [0.15, 0.2) is 24.3 Å². The van der Waals surface area contributed by atoms with E-state index in [1.165, 1.54) is 0 Å². The van der Waals surface area contributed by atoms with Gasteiger partial charge in [0.05, 0.1) is 11.4 Å². The fourth-order valence-corrected chi connectivity index (χ4v) is 3.18. The van der Waals surface area contributed by atoms with Crippen molar-refractivity contribution in [2.75, 3.05) is 0 Å². The van der Waals surface area contributed by atoms with Gasteiger partial charge in [-0.25, -0.2) is 4.79 Å². The number of rotatable bonds is 5. The van der Waals surface area contributed by atoms with Crippen LogP contribution >= 0.6 is 22.9 Å². The summed E-state index contributed by atoms with van der Waals surface area (Å²) in [6.07, 6.45) is -0.705. The van der Waals surface area contributed by atoms with Crippen molar-refractivity contribution in [3.63, 3.8) is 0 Å². The smallest absolute Gasteiger partial charge is 0.326 e. The Hall–Kier alpha value is -2.12. The number of halogens is 1. The van der Waals surface area contributed by atoms with Crippen LogP contribution in [-0.4, -0.2) is 34.1 Å². The van der Waals surface area contributed by atoms with Crippen LogP contribution in [-0.2, 0) is 9.59 Å². The lowest BCUT2D eigenvalue weighted by Gasteiger charge is -2.11. The topological polar surface area (TPSA) is 104 Å². The molecule has 0 fully saturated rings. The Labute approximate surface area is 128 Å². The molecule has 2 rings (SSSR count). The molecule has 0 aliphatic carbocycles. The van der Waals surface area contributed by atoms with E-state index in [0.717, 1.165) is 16.0 Å². The highest BCUT2D eigenvalue weighted by Gasteiger charge is 2.26. The van der Waals surface area contributed by atoms with Gasteiger partial charge >= 0.3 is 11.9 Å². The number of carbonyl (C=O) groups is 3. The SMILES string of the molecule is O=C(O)C[C@H](NC(=O)c1sc2ccccc2c1Cl)C(=O)O. The molecule has 0 aliphatic heterocycles. The Morgan fingerprint density at radius 2 is 1.90 bits per heavy atom. The van der Waals surface area contributed by atoms with Crippen molar-refractivity contribution in [1.29, 1.82) is 0 Å². The zero-order valence-electron chi connectivity index (χ0n) is 10.5. The van der Waals surface area contributed by atoms with Gasteiger partial charge in [-0.05, 0) is 6.07 Å². The molecule has 1 aromatic carbocycles. The molecule has 0 bridgehead atoms. The number of aliphatic carboxylic acids is 2. The molecule has 110 valence electrons. The van der Waals surface area contributed by atoms with E-state index in [-0.39, 0.29) is 9.90 Å². The summed E-state index contributed by atoms with van der Waals surface area (Å²) in [5, 5.41) is 20.7. The highest BCUT2D eigenvalue weighted by atomic mass is 35.5. The second kappa shape index (κ2) is 6.11. The summed E-state index contributed by atoms with van der Waals surface area (Å²) in [4.78, 5) is 33.8. The van der Waals surface area contributed by atoms with Crippen LogP contribution in [0, 0.1) is 0 Å². The lowest BCUT2D eigenvalue weighted by molar-refractivity contribution is -0.145. The summed E-state index contributed by atoms with van der Waals surface area (Å²) < 4.78 is 0.790. The zero-order chi connectivity index (χ0) is 15.6. The molecule has 0 spiro atoms. The van der Waals surface area contributed by atoms with Gasteiger partial charge < -0.3 is 15.5 Å². The molecule has 0 unspecified atom stereocenters. The number of hydrogen-bond donors (Lipinski definition) is 3. The van der Waals surface area contributed by atoms with E-state index in [2.05, 4.69) is 5.32 Å². The van der Waals surface area contributed by atoms with E-state index < -0.39 is 30.3 Å². The molecule has 1 heterocycles. The van der Waals surface area contributed by atoms with Crippen molar-refractivity contribution < 1.29 is 24.6 Å². The molecule has 6 nitrogen and oxygen atoms in total. The summed E-state index contributed by atoms with van der Waals surface area (Å²) in [6.45, 7) is 0. The van der Waals surface area contributed by atoms with Crippen LogP contribution in [0.3, 0.4) is 0 Å². The first kappa shape index (κ1) is 15.3. The molecule has 3 N–H and O–H groups in total. The minimum absolute atomic E-state index is 0.162. The summed E-state index contributed by atoms with van der Waals surface area (Å²) in [7, 11) is 0. The minimum Gasteiger partial charge on any atom is -0.481 e. The molecule has 2 aromatic rings. The van der Waals surface area contributed by atoms with Gasteiger partial charge in [0.1, 0.15) is 10.9 Å². The average Bonchev–Trinajstić information content (AvgIpc) is 2.75. The van der Waals surface area contributed by atoms with Crippen LogP contribution < -0.4 is 5.32 Å². The first-order valence-electron chi connectivity index (χ1n) is 5.82. The van der Waals surface area contributed by atoms with E-state index in [0.29, 0.717) is 5.39 Å². The van der Waals surface area contributed by atoms with Gasteiger partial charge in [-0.1, -0.05) is 29.8 Å². The first-order chi connectivity index (χ1) is 9.90. The Balaban J connectivity index is 2.27. The Morgan fingerprint density at radius 1 is 1.24 bits per heavy atom. The number of amides is 1. The molecular weight excluding hydrogens is 318 g/mol. The number of fused-ring (bicyclic) bond motifs is 1. The molecule has 1 atom stereocenters. The van der Waals surface area contributed by atoms with Gasteiger partial charge in [0.2, 0.25) is 0 Å². The maximum atomic E-state index is 12.1. The lowest BCUT2D eigenvalue weighted by atomic mass is 10.2. The number of hydrogen-bond acceptors (Lipinski definition) is 4. The maximum absolute atomic E-state index is 12.1. The van der Waals surface area contributed by atoms with Gasteiger partial charge in [-0.15, -0.1) is 11.3 Å². The third kappa shape index (κ3) is 3.32. The van der Waals surface area contributed by atoms with Crippen LogP contribution in [0.1, 0.15) is 16.1 Å². The second-order valence-electron chi connectivity index (χ2n) is 4.20. The van der Waals surface area contributed by atoms with E-state index in [4.69, 9.17) is 21.8 Å². The Bertz CT molecular complexity index is 726. The molecule has 1 amide bonds. The molecular formula is C13H10ClNO5S. The standard InChI is InChI=1S/C13H10ClNO5S/c14-10-6-3-1-2-4-8(6)21-11(10)12(18)15-7(13(19)20)5-9(16)17/h1-4,7H,5H2,(H,15,18)(H,16,17)(H,19,20)/t7-/m0/s1. The van der Waals surface area contributed by atoms with Crippen LogP contribution in [0.5, 0.6) is 0 Å². The fraction of sp³-hybridized carbons (Fsp3) is 0.154. The van der Waals surface area contributed by atoms with Crippen LogP contribution in [0.25, 0.3) is 10.1 Å². The Morgan fingerprint density at radius 3 is 2.48 bits per heavy atom. The van der Waals surface area contributed by atoms with Gasteiger partial charge in [-0.3, -0.25) is 9.59 Å². The van der Waals surface area contributed by atoms with Crippen LogP contribution in [0.2, 0.25) is 5.02 Å². The largest absolute Gasteiger partial charge is 0.481 e. The maximum Gasteiger partial charge on any atom is 0.326 e. The van der Waals surface area contributed by atoms with E-state index in [9.17, 15) is 14.4 Å². The summed E-state index contributed by atoms with van der Waals surface area (Å²) in [5.41, 5.74) is 0. The second-order valence-corrected chi connectivity index (χ2v) is 5.63. The van der Waals surface area contributed by atoms with Gasteiger partial charge in [0, 0.05) is 10.1 Å². The zero-order valence-corrected chi connectivity index (χ0v) is 12.1. The molecule has 0 saturated carbocycles. The van der Waals surface area contributed by atoms with Gasteiger partial charge in [0.15, 0.2) is 0 Å². The molecule has 0 radical (unpaired) electrons. The minimum atomic E-state index is -1.50. The van der Waals surface area contributed by atoms with E-state index >= 15 is 0 Å². The normalized spacial score (nSPS) is 12.0. The van der Waals surface area contributed by atoms with Crippen molar-refractivity contribution in [3.8, 4) is 0 Å². The van der Waals surface area contributed by atoms with E-state index in [1.807, 2.05) is 0 Å². The number of thiophene rings is 1. The van der Waals surface area contributed by atoms with Crippen molar-refractivity contribution in [2.24, 2.45) is 0 Å². The van der Waals surface area contributed by atoms with Gasteiger partial charge in [-0.2, -0.15) is 0 Å². The van der Waals surface area contributed by atoms with Gasteiger partial charge in [0.25, 0.3) is 5.91 Å². The molecule has 0 aliphatic rings. The Kier molecular flexibility index (Phi) is 4.44. The number of carboxylic acids is 2. The highest BCUT2D eigenvalue weighted by molar-refractivity contribution is 7.21. The van der Waals surface area contributed by atoms with Crippen LogP contribution in [0.4, 0.5) is 0 Å². The molecule has 21 heavy (non-hydrogen) atoms. The third-order valence-corrected chi connectivity index (χ3v) is 4.40. The predicted octanol–water partition coefficient (Wildman–Crippen LogP) is 2.21. The number of carbonyl (C=O) groups excluding carboxylic acids is 1. The van der Waals surface area contributed by atoms with Crippen molar-refractivity contribution >= 4 is 50.9 Å². The highest BCUT2D eigenvalue weighted by Crippen LogP contribution is 2.35. The summed E-state index contributed by atoms with van der Waals surface area (Å²) in [6, 6.07) is 5.59. The first-order valence-corrected chi connectivity index (χ1v) is 7.02. The molecule has 0 saturated heterocycles. The molecule has 8 heteroatoms. The summed E-state index contributed by atoms with van der Waals surface area (Å²) >= 11 is 7.23. The van der Waals surface area contributed by atoms with Crippen molar-refractivity contribution in [3.05, 3.63) is 34.2 Å². The predicted molar refractivity (Wildman–Crippen MR) is 78.0 cm³/mol. The third-order valence-electron chi connectivity index (χ3n) is 2.72. The lowest BCUT2D eigenvalue weighted by Crippen LogP contribution is -2.42. The average molecular weight is 328 g/mol. The molecule has 1 aromatic heterocycles.